The average molecular weight is 263 g/mol. The van der Waals surface area contributed by atoms with Gasteiger partial charge in [0.05, 0.1) is 0 Å². The third-order valence-electron chi connectivity index (χ3n) is 2.78. The first-order chi connectivity index (χ1) is 8.35. The number of methoxy groups -OCH3 is 2. The van der Waals surface area contributed by atoms with Gasteiger partial charge in [-0.25, -0.2) is 0 Å². The molecule has 0 aromatic heterocycles. The average Bonchev–Trinajstić information content (AvgIpc) is 2.36. The van der Waals surface area contributed by atoms with Crippen molar-refractivity contribution in [1.29, 1.82) is 0 Å². The lowest BCUT2D eigenvalue weighted by Crippen LogP contribution is -2.12. The summed E-state index contributed by atoms with van der Waals surface area (Å²) < 4.78 is 10.3. The number of unbranched alkanes of at least 4 members (excludes halogenated alkanes) is 5. The van der Waals surface area contributed by atoms with Gasteiger partial charge in [0.15, 0.2) is 6.29 Å². The topological polar surface area (TPSA) is 18.5 Å². The van der Waals surface area contributed by atoms with E-state index in [-0.39, 0.29) is 6.29 Å². The fourth-order valence-electron chi connectivity index (χ4n) is 1.73. The van der Waals surface area contributed by atoms with E-state index in [1.807, 2.05) is 0 Å². The van der Waals surface area contributed by atoms with Crippen molar-refractivity contribution < 1.29 is 9.47 Å². The summed E-state index contributed by atoms with van der Waals surface area (Å²) in [6.07, 6.45) is 14.0. The fraction of sp³-hybridized carbons (Fsp3) is 0.857. The highest BCUT2D eigenvalue weighted by atomic mass is 35.5. The van der Waals surface area contributed by atoms with Crippen molar-refractivity contribution in [2.24, 2.45) is 0 Å². The van der Waals surface area contributed by atoms with E-state index in [0.717, 1.165) is 18.7 Å². The van der Waals surface area contributed by atoms with Gasteiger partial charge in [-0.15, -0.1) is 11.6 Å². The summed E-state index contributed by atoms with van der Waals surface area (Å²) in [4.78, 5) is 0. The lowest BCUT2D eigenvalue weighted by Gasteiger charge is -2.12. The third-order valence-corrected chi connectivity index (χ3v) is 3.00. The lowest BCUT2D eigenvalue weighted by molar-refractivity contribution is -0.107. The molecular formula is C14H27ClO2. The summed E-state index contributed by atoms with van der Waals surface area (Å²) in [7, 11) is 3.39. The van der Waals surface area contributed by atoms with Crippen LogP contribution in [0.4, 0.5) is 0 Å². The first-order valence-corrected chi connectivity index (χ1v) is 7.15. The molecule has 0 aromatic carbocycles. The molecule has 0 aliphatic rings. The first kappa shape index (κ1) is 16.9. The number of hydrogen-bond donors (Lipinski definition) is 0. The van der Waals surface area contributed by atoms with Crippen LogP contribution in [0.1, 0.15) is 51.4 Å². The largest absolute Gasteiger partial charge is 0.356 e. The van der Waals surface area contributed by atoms with Crippen molar-refractivity contribution in [2.75, 3.05) is 20.1 Å². The van der Waals surface area contributed by atoms with Crippen molar-refractivity contribution in [3.05, 3.63) is 12.2 Å². The Bertz CT molecular complexity index is 168. The summed E-state index contributed by atoms with van der Waals surface area (Å²) in [5.41, 5.74) is 0. The minimum atomic E-state index is -0.0199. The van der Waals surface area contributed by atoms with E-state index in [2.05, 4.69) is 12.2 Å². The van der Waals surface area contributed by atoms with Crippen LogP contribution in [0.2, 0.25) is 0 Å². The molecule has 0 unspecified atom stereocenters. The molecule has 0 heterocycles. The van der Waals surface area contributed by atoms with Crippen molar-refractivity contribution in [1.82, 2.24) is 0 Å². The Morgan fingerprint density at radius 1 is 0.882 bits per heavy atom. The Balaban J connectivity index is 3.13. The molecule has 102 valence electrons. The molecule has 0 fully saturated rings. The molecule has 0 aromatic rings. The molecule has 0 atom stereocenters. The number of allylic oxidation sites excluding steroid dienone is 2. The summed E-state index contributed by atoms with van der Waals surface area (Å²) >= 11 is 5.58. The highest BCUT2D eigenvalue weighted by Crippen LogP contribution is 2.10. The summed E-state index contributed by atoms with van der Waals surface area (Å²) in [5, 5.41) is 0. The second kappa shape index (κ2) is 14.0. The van der Waals surface area contributed by atoms with Gasteiger partial charge in [-0.2, -0.15) is 0 Å². The van der Waals surface area contributed by atoms with Crippen LogP contribution in [0, 0.1) is 0 Å². The van der Waals surface area contributed by atoms with E-state index in [0.29, 0.717) is 0 Å². The second-order valence-electron chi connectivity index (χ2n) is 4.20. The number of halogens is 1. The molecule has 0 spiro atoms. The van der Waals surface area contributed by atoms with Crippen LogP contribution in [0.15, 0.2) is 12.2 Å². The Kier molecular flexibility index (Phi) is 14.0. The maximum absolute atomic E-state index is 5.58. The molecule has 17 heavy (non-hydrogen) atoms. The standard InChI is InChI=1S/C14H27ClO2/c1-16-14(17-2)12-10-8-6-4-3-5-7-9-11-13-15/h7,9,14H,3-6,8,10-13H2,1-2H3/b9-7+. The molecule has 0 aliphatic heterocycles. The highest BCUT2D eigenvalue weighted by molar-refractivity contribution is 6.17. The second-order valence-corrected chi connectivity index (χ2v) is 4.57. The van der Waals surface area contributed by atoms with Gasteiger partial charge in [0.25, 0.3) is 0 Å². The highest BCUT2D eigenvalue weighted by Gasteiger charge is 2.03. The van der Waals surface area contributed by atoms with Gasteiger partial charge in [0.2, 0.25) is 0 Å². The number of hydrogen-bond acceptors (Lipinski definition) is 2. The van der Waals surface area contributed by atoms with Gasteiger partial charge in [0.1, 0.15) is 0 Å². The van der Waals surface area contributed by atoms with Crippen LogP contribution in [-0.4, -0.2) is 26.4 Å². The van der Waals surface area contributed by atoms with Crippen LogP contribution >= 0.6 is 11.6 Å². The van der Waals surface area contributed by atoms with Gasteiger partial charge >= 0.3 is 0 Å². The Hall–Kier alpha value is -0.0500. The van der Waals surface area contributed by atoms with Crippen LogP contribution < -0.4 is 0 Å². The van der Waals surface area contributed by atoms with Gasteiger partial charge in [-0.05, 0) is 32.1 Å². The van der Waals surface area contributed by atoms with Crippen LogP contribution in [0.25, 0.3) is 0 Å². The van der Waals surface area contributed by atoms with E-state index in [1.165, 1.54) is 38.5 Å². The van der Waals surface area contributed by atoms with Crippen molar-refractivity contribution in [3.63, 3.8) is 0 Å². The molecule has 3 heteroatoms. The normalized spacial score (nSPS) is 11.8. The first-order valence-electron chi connectivity index (χ1n) is 6.61. The van der Waals surface area contributed by atoms with E-state index < -0.39 is 0 Å². The summed E-state index contributed by atoms with van der Waals surface area (Å²) in [5.74, 6) is 0.733. The lowest BCUT2D eigenvalue weighted by atomic mass is 10.1. The fourth-order valence-corrected chi connectivity index (χ4v) is 1.86. The number of ether oxygens (including phenoxy) is 2. The minimum absolute atomic E-state index is 0.0199. The molecule has 0 N–H and O–H groups in total. The van der Waals surface area contributed by atoms with Crippen LogP contribution in [-0.2, 0) is 9.47 Å². The smallest absolute Gasteiger partial charge is 0.156 e. The number of alkyl halides is 1. The SMILES string of the molecule is COC(CCCCCCC/C=C/CCCl)OC. The molecule has 0 rings (SSSR count). The minimum Gasteiger partial charge on any atom is -0.356 e. The van der Waals surface area contributed by atoms with Crippen LogP contribution in [0.5, 0.6) is 0 Å². The molecule has 0 saturated heterocycles. The zero-order valence-electron chi connectivity index (χ0n) is 11.3. The van der Waals surface area contributed by atoms with Crippen molar-refractivity contribution >= 4 is 11.6 Å². The molecular weight excluding hydrogens is 236 g/mol. The van der Waals surface area contributed by atoms with Gasteiger partial charge in [-0.1, -0.05) is 31.4 Å². The molecule has 0 aliphatic carbocycles. The van der Waals surface area contributed by atoms with E-state index >= 15 is 0 Å². The molecule has 0 radical (unpaired) electrons. The maximum atomic E-state index is 5.58. The van der Waals surface area contributed by atoms with Gasteiger partial charge < -0.3 is 9.47 Å². The zero-order chi connectivity index (χ0) is 12.8. The summed E-state index contributed by atoms with van der Waals surface area (Å²) in [6, 6.07) is 0. The van der Waals surface area contributed by atoms with E-state index in [1.54, 1.807) is 14.2 Å². The zero-order valence-corrected chi connectivity index (χ0v) is 12.0. The maximum Gasteiger partial charge on any atom is 0.156 e. The Morgan fingerprint density at radius 3 is 2.12 bits per heavy atom. The third kappa shape index (κ3) is 12.2. The van der Waals surface area contributed by atoms with Crippen molar-refractivity contribution in [2.45, 2.75) is 57.7 Å². The van der Waals surface area contributed by atoms with Gasteiger partial charge in [0, 0.05) is 20.1 Å². The van der Waals surface area contributed by atoms with Gasteiger partial charge in [-0.3, -0.25) is 0 Å². The summed E-state index contributed by atoms with van der Waals surface area (Å²) in [6.45, 7) is 0. The van der Waals surface area contributed by atoms with E-state index in [4.69, 9.17) is 21.1 Å². The van der Waals surface area contributed by atoms with Crippen molar-refractivity contribution in [3.8, 4) is 0 Å². The molecule has 0 saturated carbocycles. The molecule has 0 bridgehead atoms. The Morgan fingerprint density at radius 2 is 1.47 bits per heavy atom. The quantitative estimate of drug-likeness (QED) is 0.223. The monoisotopic (exact) mass is 262 g/mol. The predicted octanol–water partition coefficient (Wildman–Crippen LogP) is 4.52. The predicted molar refractivity (Wildman–Crippen MR) is 74.6 cm³/mol. The molecule has 2 nitrogen and oxygen atoms in total. The van der Waals surface area contributed by atoms with E-state index in [9.17, 15) is 0 Å². The molecule has 0 amide bonds. The van der Waals surface area contributed by atoms with Crippen LogP contribution in [0.3, 0.4) is 0 Å². The number of rotatable bonds is 12. The Labute approximate surface area is 111 Å².